The fourth-order valence-corrected chi connectivity index (χ4v) is 1.62. The van der Waals surface area contributed by atoms with Gasteiger partial charge in [-0.1, -0.05) is 19.0 Å². The van der Waals surface area contributed by atoms with E-state index in [0.717, 1.165) is 5.71 Å². The fourth-order valence-electron chi connectivity index (χ4n) is 1.62. The van der Waals surface area contributed by atoms with Crippen LogP contribution in [0.4, 0.5) is 0 Å². The van der Waals surface area contributed by atoms with Gasteiger partial charge >= 0.3 is 0 Å². The van der Waals surface area contributed by atoms with E-state index in [1.165, 1.54) is 0 Å². The van der Waals surface area contributed by atoms with Gasteiger partial charge in [0.2, 0.25) is 5.91 Å². The van der Waals surface area contributed by atoms with Crippen LogP contribution in [0.25, 0.3) is 0 Å². The normalized spacial score (nSPS) is 26.5. The average Bonchev–Trinajstić information content (AvgIpc) is 2.16. The second kappa shape index (κ2) is 4.25. The average molecular weight is 184 g/mol. The monoisotopic (exact) mass is 184 g/mol. The first-order chi connectivity index (χ1) is 6.19. The smallest absolute Gasteiger partial charge is 0.222 e. The van der Waals surface area contributed by atoms with Crippen LogP contribution in [0, 0.1) is 5.92 Å². The number of carbonyl (C=O) groups excluding carboxylic acids is 1. The van der Waals surface area contributed by atoms with E-state index in [1.54, 1.807) is 0 Å². The van der Waals surface area contributed by atoms with Gasteiger partial charge in [0.15, 0.2) is 0 Å². The molecule has 0 aromatic heterocycles. The zero-order chi connectivity index (χ0) is 9.84. The van der Waals surface area contributed by atoms with E-state index < -0.39 is 0 Å². The molecule has 1 aliphatic heterocycles. The molecular weight excluding hydrogens is 168 g/mol. The number of nitrogens with zero attached hydrogens (tertiary/aromatic N) is 2. The second-order valence-corrected chi connectivity index (χ2v) is 3.44. The van der Waals surface area contributed by atoms with Crippen molar-refractivity contribution in [1.29, 1.82) is 0 Å². The van der Waals surface area contributed by atoms with Crippen molar-refractivity contribution in [2.24, 2.45) is 11.1 Å². The molecule has 0 aromatic carbocycles. The summed E-state index contributed by atoms with van der Waals surface area (Å²) in [5.74, 6) is 0.373. The molecule has 0 bridgehead atoms. The molecule has 0 aromatic rings. The maximum Gasteiger partial charge on any atom is 0.222 e. The summed E-state index contributed by atoms with van der Waals surface area (Å²) in [5.41, 5.74) is 0.806. The fraction of sp³-hybridized carbons (Fsp3) is 0.778. The molecule has 0 aliphatic carbocycles. The summed E-state index contributed by atoms with van der Waals surface area (Å²) >= 11 is 0. The van der Waals surface area contributed by atoms with Crippen molar-refractivity contribution in [3.63, 3.8) is 0 Å². The highest BCUT2D eigenvalue weighted by molar-refractivity contribution is 5.88. The van der Waals surface area contributed by atoms with Crippen LogP contribution in [0.15, 0.2) is 5.16 Å². The SMILES string of the molecule is CCC(=O)N1CCC(=NO)C(C)C1. The highest BCUT2D eigenvalue weighted by atomic mass is 16.4. The Balaban J connectivity index is 2.55. The molecule has 1 aliphatic rings. The van der Waals surface area contributed by atoms with Gasteiger partial charge in [-0.15, -0.1) is 0 Å². The predicted octanol–water partition coefficient (Wildman–Crippen LogP) is 1.09. The molecule has 1 N–H and O–H groups in total. The van der Waals surface area contributed by atoms with Crippen LogP contribution in [-0.4, -0.2) is 34.8 Å². The first-order valence-corrected chi connectivity index (χ1v) is 4.67. The number of amides is 1. The Hall–Kier alpha value is -1.06. The zero-order valence-electron chi connectivity index (χ0n) is 8.16. The van der Waals surface area contributed by atoms with Crippen LogP contribution in [-0.2, 0) is 4.79 Å². The van der Waals surface area contributed by atoms with Gasteiger partial charge in [0.1, 0.15) is 0 Å². The number of carbonyl (C=O) groups is 1. The van der Waals surface area contributed by atoms with E-state index in [-0.39, 0.29) is 11.8 Å². The topological polar surface area (TPSA) is 52.9 Å². The summed E-state index contributed by atoms with van der Waals surface area (Å²) in [7, 11) is 0. The van der Waals surface area contributed by atoms with Crippen LogP contribution in [0.5, 0.6) is 0 Å². The molecular formula is C9H16N2O2. The first-order valence-electron chi connectivity index (χ1n) is 4.67. The minimum atomic E-state index is 0.184. The maximum atomic E-state index is 11.3. The molecule has 1 unspecified atom stereocenters. The number of oxime groups is 1. The number of hydrogen-bond acceptors (Lipinski definition) is 3. The third-order valence-electron chi connectivity index (χ3n) is 2.48. The second-order valence-electron chi connectivity index (χ2n) is 3.44. The van der Waals surface area contributed by atoms with Gasteiger partial charge in [0, 0.05) is 31.8 Å². The quantitative estimate of drug-likeness (QED) is 0.490. The molecule has 4 heteroatoms. The molecule has 1 rings (SSSR count). The standard InChI is InChI=1S/C9H16N2O2/c1-3-9(12)11-5-4-8(10-13)7(2)6-11/h7,13H,3-6H2,1-2H3. The Labute approximate surface area is 78.2 Å². The van der Waals surface area contributed by atoms with Crippen LogP contribution in [0.2, 0.25) is 0 Å². The lowest BCUT2D eigenvalue weighted by atomic mass is 9.97. The van der Waals surface area contributed by atoms with Crippen molar-refractivity contribution >= 4 is 11.6 Å². The molecule has 0 saturated carbocycles. The number of piperidine rings is 1. The number of rotatable bonds is 1. The zero-order valence-corrected chi connectivity index (χ0v) is 8.16. The largest absolute Gasteiger partial charge is 0.411 e. The minimum Gasteiger partial charge on any atom is -0.411 e. The molecule has 13 heavy (non-hydrogen) atoms. The Morgan fingerprint density at radius 1 is 1.77 bits per heavy atom. The number of hydrogen-bond donors (Lipinski definition) is 1. The van der Waals surface area contributed by atoms with Crippen molar-refractivity contribution in [2.75, 3.05) is 13.1 Å². The molecule has 1 heterocycles. The number of likely N-dealkylation sites (tertiary alicyclic amines) is 1. The Morgan fingerprint density at radius 3 is 2.92 bits per heavy atom. The van der Waals surface area contributed by atoms with E-state index in [9.17, 15) is 4.79 Å². The van der Waals surface area contributed by atoms with E-state index >= 15 is 0 Å². The maximum absolute atomic E-state index is 11.3. The van der Waals surface area contributed by atoms with Gasteiger partial charge in [-0.05, 0) is 0 Å². The van der Waals surface area contributed by atoms with Gasteiger partial charge in [0.05, 0.1) is 5.71 Å². The van der Waals surface area contributed by atoms with E-state index in [2.05, 4.69) is 5.16 Å². The molecule has 0 radical (unpaired) electrons. The highest BCUT2D eigenvalue weighted by Gasteiger charge is 2.24. The van der Waals surface area contributed by atoms with E-state index in [1.807, 2.05) is 18.7 Å². The Bertz CT molecular complexity index is 226. The lowest BCUT2D eigenvalue weighted by Gasteiger charge is -2.31. The van der Waals surface area contributed by atoms with Crippen LogP contribution >= 0.6 is 0 Å². The van der Waals surface area contributed by atoms with Crippen LogP contribution in [0.3, 0.4) is 0 Å². The van der Waals surface area contributed by atoms with Gasteiger partial charge in [-0.25, -0.2) is 0 Å². The third-order valence-corrected chi connectivity index (χ3v) is 2.48. The van der Waals surface area contributed by atoms with Gasteiger partial charge < -0.3 is 10.1 Å². The summed E-state index contributed by atoms with van der Waals surface area (Å²) in [6.07, 6.45) is 1.25. The van der Waals surface area contributed by atoms with Gasteiger partial charge in [-0.3, -0.25) is 4.79 Å². The Morgan fingerprint density at radius 2 is 2.46 bits per heavy atom. The molecule has 1 saturated heterocycles. The van der Waals surface area contributed by atoms with Crippen molar-refractivity contribution < 1.29 is 10.0 Å². The van der Waals surface area contributed by atoms with Gasteiger partial charge in [-0.2, -0.15) is 0 Å². The Kier molecular flexibility index (Phi) is 3.28. The molecule has 1 amide bonds. The summed E-state index contributed by atoms with van der Waals surface area (Å²) in [6, 6.07) is 0. The van der Waals surface area contributed by atoms with Crippen molar-refractivity contribution in [3.05, 3.63) is 0 Å². The molecule has 74 valence electrons. The van der Waals surface area contributed by atoms with Crippen molar-refractivity contribution in [1.82, 2.24) is 4.90 Å². The summed E-state index contributed by atoms with van der Waals surface area (Å²) in [6.45, 7) is 5.22. The van der Waals surface area contributed by atoms with Crippen LogP contribution < -0.4 is 0 Å². The molecule has 1 fully saturated rings. The third kappa shape index (κ3) is 2.20. The molecule has 0 spiro atoms. The lowest BCUT2D eigenvalue weighted by Crippen LogP contribution is -2.42. The minimum absolute atomic E-state index is 0.184. The summed E-state index contributed by atoms with van der Waals surface area (Å²) < 4.78 is 0. The van der Waals surface area contributed by atoms with E-state index in [4.69, 9.17) is 5.21 Å². The summed E-state index contributed by atoms with van der Waals surface area (Å²) in [5, 5.41) is 11.9. The van der Waals surface area contributed by atoms with Crippen molar-refractivity contribution in [2.45, 2.75) is 26.7 Å². The summed E-state index contributed by atoms with van der Waals surface area (Å²) in [4.78, 5) is 13.2. The van der Waals surface area contributed by atoms with E-state index in [0.29, 0.717) is 25.9 Å². The predicted molar refractivity (Wildman–Crippen MR) is 49.9 cm³/mol. The first kappa shape index (κ1) is 10.0. The molecule has 4 nitrogen and oxygen atoms in total. The molecule has 1 atom stereocenters. The highest BCUT2D eigenvalue weighted by Crippen LogP contribution is 2.14. The van der Waals surface area contributed by atoms with Crippen molar-refractivity contribution in [3.8, 4) is 0 Å². The lowest BCUT2D eigenvalue weighted by molar-refractivity contribution is -0.131. The van der Waals surface area contributed by atoms with Gasteiger partial charge in [0.25, 0.3) is 0 Å². The van der Waals surface area contributed by atoms with Crippen LogP contribution in [0.1, 0.15) is 26.7 Å².